The molecule has 94 valence electrons. The van der Waals surface area contributed by atoms with Crippen molar-refractivity contribution in [2.45, 2.75) is 38.3 Å². The Morgan fingerprint density at radius 3 is 2.50 bits per heavy atom. The minimum atomic E-state index is -0.0909. The summed E-state index contributed by atoms with van der Waals surface area (Å²) >= 11 is 0. The molecule has 4 heteroatoms. The van der Waals surface area contributed by atoms with Crippen molar-refractivity contribution in [1.29, 1.82) is 0 Å². The van der Waals surface area contributed by atoms with Crippen LogP contribution in [0.4, 0.5) is 0 Å². The zero-order valence-electron chi connectivity index (χ0n) is 10.4. The lowest BCUT2D eigenvalue weighted by atomic mass is 10.0. The lowest BCUT2D eigenvalue weighted by molar-refractivity contribution is -0.193. The molecule has 0 aromatic heterocycles. The quantitative estimate of drug-likeness (QED) is 0.730. The molecule has 4 nitrogen and oxygen atoms in total. The second-order valence-corrected chi connectivity index (χ2v) is 4.76. The minimum Gasteiger partial charge on any atom is -0.356 e. The zero-order valence-corrected chi connectivity index (χ0v) is 10.4. The summed E-state index contributed by atoms with van der Waals surface area (Å²) in [7, 11) is 3.41. The van der Waals surface area contributed by atoms with E-state index < -0.39 is 0 Å². The van der Waals surface area contributed by atoms with Crippen molar-refractivity contribution in [3.05, 3.63) is 0 Å². The van der Waals surface area contributed by atoms with Crippen molar-refractivity contribution in [2.24, 2.45) is 5.92 Å². The summed E-state index contributed by atoms with van der Waals surface area (Å²) in [6.45, 7) is 3.54. The molecule has 2 heterocycles. The second kappa shape index (κ2) is 5.96. The van der Waals surface area contributed by atoms with Crippen molar-refractivity contribution in [3.8, 4) is 0 Å². The summed E-state index contributed by atoms with van der Waals surface area (Å²) < 4.78 is 16.3. The molecule has 2 rings (SSSR count). The largest absolute Gasteiger partial charge is 0.356 e. The molecule has 16 heavy (non-hydrogen) atoms. The van der Waals surface area contributed by atoms with Gasteiger partial charge in [-0.2, -0.15) is 0 Å². The minimum absolute atomic E-state index is 0.0836. The third-order valence-electron chi connectivity index (χ3n) is 3.60. The number of nitrogens with zero attached hydrogens (tertiary/aromatic N) is 1. The maximum absolute atomic E-state index is 5.64. The van der Waals surface area contributed by atoms with Gasteiger partial charge in [0.2, 0.25) is 0 Å². The van der Waals surface area contributed by atoms with Gasteiger partial charge in [-0.3, -0.25) is 0 Å². The van der Waals surface area contributed by atoms with Gasteiger partial charge in [0.25, 0.3) is 0 Å². The SMILES string of the molecule is COC1CC(CN2CCCCC2)C(OC)O1. The van der Waals surface area contributed by atoms with E-state index >= 15 is 0 Å². The summed E-state index contributed by atoms with van der Waals surface area (Å²) in [6, 6.07) is 0. The fourth-order valence-corrected chi connectivity index (χ4v) is 2.71. The molecule has 0 aromatic carbocycles. The van der Waals surface area contributed by atoms with E-state index in [-0.39, 0.29) is 12.6 Å². The summed E-state index contributed by atoms with van der Waals surface area (Å²) in [5.41, 5.74) is 0. The van der Waals surface area contributed by atoms with Crippen LogP contribution in [0.15, 0.2) is 0 Å². The lowest BCUT2D eigenvalue weighted by Gasteiger charge is -2.29. The number of methoxy groups -OCH3 is 2. The van der Waals surface area contributed by atoms with Crippen molar-refractivity contribution in [2.75, 3.05) is 33.9 Å². The summed E-state index contributed by atoms with van der Waals surface area (Å²) in [5.74, 6) is 0.452. The van der Waals surface area contributed by atoms with E-state index in [9.17, 15) is 0 Å². The smallest absolute Gasteiger partial charge is 0.164 e. The van der Waals surface area contributed by atoms with Crippen LogP contribution >= 0.6 is 0 Å². The van der Waals surface area contributed by atoms with E-state index in [4.69, 9.17) is 14.2 Å². The van der Waals surface area contributed by atoms with Crippen LogP contribution in [-0.4, -0.2) is 51.3 Å². The lowest BCUT2D eigenvalue weighted by Crippen LogP contribution is -2.37. The molecule has 2 aliphatic heterocycles. The first kappa shape index (κ1) is 12.3. The average molecular weight is 229 g/mol. The van der Waals surface area contributed by atoms with Crippen LogP contribution in [-0.2, 0) is 14.2 Å². The van der Waals surface area contributed by atoms with Gasteiger partial charge in [-0.1, -0.05) is 6.42 Å². The molecule has 0 amide bonds. The summed E-state index contributed by atoms with van der Waals surface area (Å²) in [5, 5.41) is 0. The molecule has 0 saturated carbocycles. The first-order chi connectivity index (χ1) is 7.83. The van der Waals surface area contributed by atoms with Crippen molar-refractivity contribution >= 4 is 0 Å². The number of hydrogen-bond acceptors (Lipinski definition) is 4. The predicted molar refractivity (Wildman–Crippen MR) is 61.1 cm³/mol. The molecule has 0 bridgehead atoms. The van der Waals surface area contributed by atoms with Crippen molar-refractivity contribution in [3.63, 3.8) is 0 Å². The Hall–Kier alpha value is -0.160. The third kappa shape index (κ3) is 2.94. The molecule has 0 N–H and O–H groups in total. The van der Waals surface area contributed by atoms with Crippen LogP contribution < -0.4 is 0 Å². The van der Waals surface area contributed by atoms with Gasteiger partial charge in [0.15, 0.2) is 12.6 Å². The summed E-state index contributed by atoms with van der Waals surface area (Å²) in [4.78, 5) is 2.53. The first-order valence-electron chi connectivity index (χ1n) is 6.27. The van der Waals surface area contributed by atoms with Crippen LogP contribution in [0.3, 0.4) is 0 Å². The Kier molecular flexibility index (Phi) is 4.58. The molecule has 0 aliphatic carbocycles. The molecule has 2 aliphatic rings. The number of piperidine rings is 1. The highest BCUT2D eigenvalue weighted by Gasteiger charge is 2.36. The van der Waals surface area contributed by atoms with Crippen molar-refractivity contribution in [1.82, 2.24) is 4.90 Å². The highest BCUT2D eigenvalue weighted by molar-refractivity contribution is 4.77. The van der Waals surface area contributed by atoms with Crippen LogP contribution in [0, 0.1) is 5.92 Å². The van der Waals surface area contributed by atoms with Crippen LogP contribution in [0.1, 0.15) is 25.7 Å². The van der Waals surface area contributed by atoms with Gasteiger partial charge in [0.05, 0.1) is 0 Å². The van der Waals surface area contributed by atoms with Gasteiger partial charge in [-0.05, 0) is 25.9 Å². The van der Waals surface area contributed by atoms with E-state index in [0.29, 0.717) is 5.92 Å². The van der Waals surface area contributed by atoms with Gasteiger partial charge < -0.3 is 19.1 Å². The van der Waals surface area contributed by atoms with Crippen LogP contribution in [0.5, 0.6) is 0 Å². The fourth-order valence-electron chi connectivity index (χ4n) is 2.71. The number of rotatable bonds is 4. The van der Waals surface area contributed by atoms with Gasteiger partial charge >= 0.3 is 0 Å². The zero-order chi connectivity index (χ0) is 11.4. The Morgan fingerprint density at radius 1 is 1.12 bits per heavy atom. The third-order valence-corrected chi connectivity index (χ3v) is 3.60. The number of hydrogen-bond donors (Lipinski definition) is 0. The molecule has 0 radical (unpaired) electrons. The van der Waals surface area contributed by atoms with E-state index in [1.54, 1.807) is 14.2 Å². The van der Waals surface area contributed by atoms with E-state index in [1.807, 2.05) is 0 Å². The second-order valence-electron chi connectivity index (χ2n) is 4.76. The normalized spacial score (nSPS) is 36.8. The van der Waals surface area contributed by atoms with E-state index in [2.05, 4.69) is 4.90 Å². The Bertz CT molecular complexity index is 206. The molecule has 2 fully saturated rings. The van der Waals surface area contributed by atoms with Crippen LogP contribution in [0.2, 0.25) is 0 Å². The van der Waals surface area contributed by atoms with Crippen molar-refractivity contribution < 1.29 is 14.2 Å². The van der Waals surface area contributed by atoms with E-state index in [0.717, 1.165) is 13.0 Å². The maximum atomic E-state index is 5.64. The molecular formula is C12H23NO3. The molecule has 3 unspecified atom stereocenters. The van der Waals surface area contributed by atoms with Crippen LogP contribution in [0.25, 0.3) is 0 Å². The van der Waals surface area contributed by atoms with Gasteiger partial charge in [0, 0.05) is 33.1 Å². The Balaban J connectivity index is 1.82. The summed E-state index contributed by atoms with van der Waals surface area (Å²) in [6.07, 6.45) is 4.82. The fraction of sp³-hybridized carbons (Fsp3) is 1.00. The Labute approximate surface area is 97.8 Å². The van der Waals surface area contributed by atoms with Gasteiger partial charge in [-0.25, -0.2) is 0 Å². The molecular weight excluding hydrogens is 206 g/mol. The highest BCUT2D eigenvalue weighted by Crippen LogP contribution is 2.28. The molecule has 0 aromatic rings. The predicted octanol–water partition coefficient (Wildman–Crippen LogP) is 1.45. The molecule has 3 atom stereocenters. The van der Waals surface area contributed by atoms with Gasteiger partial charge in [0.1, 0.15) is 0 Å². The monoisotopic (exact) mass is 229 g/mol. The standard InChI is InChI=1S/C12H23NO3/c1-14-11-8-10(12(15-2)16-11)9-13-6-4-3-5-7-13/h10-12H,3-9H2,1-2H3. The average Bonchev–Trinajstić information content (AvgIpc) is 2.73. The van der Waals surface area contributed by atoms with Gasteiger partial charge in [-0.15, -0.1) is 0 Å². The van der Waals surface area contributed by atoms with E-state index in [1.165, 1.54) is 32.4 Å². The maximum Gasteiger partial charge on any atom is 0.164 e. The Morgan fingerprint density at radius 2 is 1.88 bits per heavy atom. The first-order valence-corrected chi connectivity index (χ1v) is 6.27. The molecule has 0 spiro atoms. The number of ether oxygens (including phenoxy) is 3. The molecule has 2 saturated heterocycles. The highest BCUT2D eigenvalue weighted by atomic mass is 16.8. The number of likely N-dealkylation sites (tertiary alicyclic amines) is 1. The topological polar surface area (TPSA) is 30.9 Å².